The van der Waals surface area contributed by atoms with Crippen molar-refractivity contribution in [2.24, 2.45) is 88.3 Å². The first-order valence-corrected chi connectivity index (χ1v) is 53.8. The number of hydrogen-bond acceptors (Lipinski definition) is 25. The smallest absolute Gasteiger partial charge is 0.166 e. The Hall–Kier alpha value is -4.00. The van der Waals surface area contributed by atoms with E-state index in [4.69, 9.17) is 61.6 Å². The fourth-order valence-corrected chi connectivity index (χ4v) is 13.0. The molecule has 1 spiro atoms. The highest BCUT2D eigenvalue weighted by Gasteiger charge is 2.54. The maximum atomic E-state index is 12.0. The average molecular weight is 1950 g/mol. The van der Waals surface area contributed by atoms with Crippen molar-refractivity contribution in [1.82, 2.24) is 19.7 Å². The van der Waals surface area contributed by atoms with Crippen molar-refractivity contribution < 1.29 is 95.1 Å². The predicted octanol–water partition coefficient (Wildman–Crippen LogP) is 21.5. The molecule has 2 aliphatic heterocycles. The van der Waals surface area contributed by atoms with Gasteiger partial charge in [-0.3, -0.25) is 48.3 Å². The SMILES string of the molecule is CC(C)C(=O)COCCN1CCN(C(C)C)CC1.CC(C)C(=O)COCCN1CCN(c2ccc(C(=O)C(C)C)cn2)CC1.CC(C)CCOCC(=O)C(C)C.CC(C)CCOCCCCOCC(=O)C(C)C.CC(C)CCOCCCOCC(=O)C(C)C.CC(C)CCOCCOCCC(C)C.CC(C)CCO[C@H](C)[C@@H](C)OCCC(C)C.CC(C)OC1CC2(CC(OCC(=O)C(C)C)C2)C1. The molecule has 1 aromatic heterocycles. The highest BCUT2D eigenvalue weighted by molar-refractivity contribution is 5.97. The van der Waals surface area contributed by atoms with Gasteiger partial charge in [0.1, 0.15) is 45.5 Å². The lowest BCUT2D eigenvalue weighted by Gasteiger charge is -2.57. The normalized spacial score (nSPS) is 16.8. The van der Waals surface area contributed by atoms with Gasteiger partial charge < -0.3 is 66.5 Å². The Morgan fingerprint density at radius 3 is 0.927 bits per heavy atom. The van der Waals surface area contributed by atoms with Crippen molar-refractivity contribution in [3.8, 4) is 0 Å². The van der Waals surface area contributed by atoms with Gasteiger partial charge in [0.15, 0.2) is 40.5 Å². The Kier molecular flexibility index (Phi) is 85.3. The molecule has 0 bridgehead atoms. The number of hydrogen-bond donors (Lipinski definition) is 0. The third-order valence-corrected chi connectivity index (χ3v) is 23.9. The first kappa shape index (κ1) is 137. The van der Waals surface area contributed by atoms with Crippen LogP contribution in [0.5, 0.6) is 0 Å². The second-order valence-corrected chi connectivity index (χ2v) is 43.7. The highest BCUT2D eigenvalue weighted by Crippen LogP contribution is 2.58. The summed E-state index contributed by atoms with van der Waals surface area (Å²) in [7, 11) is 0. The van der Waals surface area contributed by atoms with Gasteiger partial charge in [0.2, 0.25) is 0 Å². The Morgan fingerprint density at radius 2 is 0.606 bits per heavy atom. The molecule has 4 aliphatic rings. The monoisotopic (exact) mass is 1950 g/mol. The number of ketones is 7. The number of nitrogens with zero attached hydrogens (tertiary/aromatic N) is 5. The number of unbranched alkanes of at least 4 members (excludes halogenated alkanes) is 1. The van der Waals surface area contributed by atoms with Crippen molar-refractivity contribution in [3.63, 3.8) is 0 Å². The number of anilines is 1. The van der Waals surface area contributed by atoms with Crippen LogP contribution in [-0.2, 0) is 90.3 Å². The number of Topliss-reactive ketones (excluding diaryl/α,β-unsaturated/α-hetero) is 7. The summed E-state index contributed by atoms with van der Waals surface area (Å²) in [5.74, 6) is 7.54. The van der Waals surface area contributed by atoms with E-state index >= 15 is 0 Å². The summed E-state index contributed by atoms with van der Waals surface area (Å²) in [5, 5.41) is 0. The number of piperazine rings is 2. The highest BCUT2D eigenvalue weighted by atomic mass is 16.5. The molecule has 2 aliphatic carbocycles. The lowest BCUT2D eigenvalue weighted by Crippen LogP contribution is -2.54. The fraction of sp³-hybridized carbons (Fsp3) is 0.893. The molecule has 2 atom stereocenters. The molecular formula is C112H215N5O20. The van der Waals surface area contributed by atoms with E-state index < -0.39 is 0 Å². The lowest BCUT2D eigenvalue weighted by molar-refractivity contribution is -0.185. The summed E-state index contributed by atoms with van der Waals surface area (Å²) in [4.78, 5) is 93.8. The summed E-state index contributed by atoms with van der Waals surface area (Å²) in [5.41, 5.74) is 1.17. The van der Waals surface area contributed by atoms with E-state index in [0.29, 0.717) is 105 Å². The van der Waals surface area contributed by atoms with E-state index in [1.165, 1.54) is 12.8 Å². The maximum Gasteiger partial charge on any atom is 0.166 e. The lowest BCUT2D eigenvalue weighted by atomic mass is 9.53. The number of pyridine rings is 1. The number of ether oxygens (including phenoxy) is 13. The summed E-state index contributed by atoms with van der Waals surface area (Å²) in [6.07, 6.45) is 18.4. The first-order valence-electron chi connectivity index (χ1n) is 53.8. The molecule has 2 saturated heterocycles. The van der Waals surface area contributed by atoms with Gasteiger partial charge in [-0.1, -0.05) is 194 Å². The number of carbonyl (C=O) groups is 7. The minimum absolute atomic E-state index is 0.00996. The zero-order valence-electron chi connectivity index (χ0n) is 94.5. The second kappa shape index (κ2) is 85.3. The van der Waals surface area contributed by atoms with Crippen LogP contribution in [0.15, 0.2) is 18.3 Å². The van der Waals surface area contributed by atoms with Crippen molar-refractivity contribution in [3.05, 3.63) is 23.9 Å². The van der Waals surface area contributed by atoms with Crippen LogP contribution in [0.25, 0.3) is 0 Å². The van der Waals surface area contributed by atoms with Crippen LogP contribution in [-0.4, -0.2) is 301 Å². The molecule has 0 unspecified atom stereocenters. The topological polar surface area (TPSA) is 265 Å². The third-order valence-electron chi connectivity index (χ3n) is 23.9. The van der Waals surface area contributed by atoms with E-state index in [0.717, 1.165) is 226 Å². The number of carbonyl (C=O) groups excluding carboxylic acids is 7. The van der Waals surface area contributed by atoms with Crippen LogP contribution < -0.4 is 4.90 Å². The van der Waals surface area contributed by atoms with Crippen molar-refractivity contribution >= 4 is 46.3 Å². The van der Waals surface area contributed by atoms with Crippen molar-refractivity contribution in [2.45, 2.75) is 362 Å². The molecule has 0 aromatic carbocycles. The van der Waals surface area contributed by atoms with Crippen LogP contribution in [0.1, 0.15) is 336 Å². The Balaban J connectivity index is -0.00000151. The average Bonchev–Trinajstić information content (AvgIpc) is 0.743. The molecule has 25 nitrogen and oxygen atoms in total. The Labute approximate surface area is 839 Å². The van der Waals surface area contributed by atoms with E-state index in [-0.39, 0.29) is 127 Å². The zero-order chi connectivity index (χ0) is 104. The van der Waals surface area contributed by atoms with Crippen molar-refractivity contribution in [2.75, 3.05) is 209 Å². The summed E-state index contributed by atoms with van der Waals surface area (Å²) in [6.45, 7) is 93.1. The molecule has 0 radical (unpaired) electrons. The summed E-state index contributed by atoms with van der Waals surface area (Å²) < 4.78 is 71.4. The zero-order valence-corrected chi connectivity index (χ0v) is 94.5. The molecule has 0 amide bonds. The molecule has 5 rings (SSSR count). The molecule has 3 heterocycles. The van der Waals surface area contributed by atoms with Crippen LogP contribution in [0, 0.1) is 88.3 Å². The molecule has 137 heavy (non-hydrogen) atoms. The standard InChI is InChI=1S/C20H31N3O3.C15H26O3.C14H28N2O2.C14H28O3.C14H30O2.C13H26O3.C12H26O2.C10H20O2/c1-15(2)18(24)14-26-12-11-22-7-9-23(10-8-22)19-6-5-17(13-21-19)20(25)16(3)4;1-10(2)14(16)9-17-12-5-15(6-12)7-13(8-15)18-11(3)4;1-12(2)14(17)11-18-10-9-15-5-7-16(8-6-15)13(3)4;1-12(2)7-10-16-8-5-6-9-17-11-14(15)13(3)4;1-11(2)7-9-15-13(5)14(6)16-10-8-12(3)4;1-11(2)6-9-15-7-5-8-16-10-13(14)12(3)4;1-11(2)5-7-13-9-10-14-8-6-12(3)4;1-8(2)5-6-12-7-10(11)9(3)4/h5-6,13,15-16H,7-12,14H2,1-4H3;10-13H,5-9H2,1-4H3;12-13H,5-11H2,1-4H3;12-13H,5-11H2,1-4H3;11-14H,7-10H2,1-6H3;11-12H,5-10H2,1-4H3;11-12H,5-10H2,1-4H3;8-9H,5-7H2,1-4H3/t;;;;13-,14-;;;/m....1.../s1. The Bertz CT molecular complexity index is 3010. The minimum Gasteiger partial charge on any atom is -0.381 e. The first-order chi connectivity index (χ1) is 64.4. The third kappa shape index (κ3) is 81.0. The van der Waals surface area contributed by atoms with Gasteiger partial charge in [-0.2, -0.15) is 0 Å². The van der Waals surface area contributed by atoms with Crippen molar-refractivity contribution in [1.29, 1.82) is 0 Å². The van der Waals surface area contributed by atoms with E-state index in [1.807, 2.05) is 109 Å². The summed E-state index contributed by atoms with van der Waals surface area (Å²) >= 11 is 0. The predicted molar refractivity (Wildman–Crippen MR) is 563 cm³/mol. The largest absolute Gasteiger partial charge is 0.381 e. The van der Waals surface area contributed by atoms with E-state index in [2.05, 4.69) is 163 Å². The van der Waals surface area contributed by atoms with Gasteiger partial charge in [0.25, 0.3) is 0 Å². The quantitative estimate of drug-likeness (QED) is 0.0433. The van der Waals surface area contributed by atoms with Crippen LogP contribution in [0.2, 0.25) is 0 Å². The van der Waals surface area contributed by atoms with Gasteiger partial charge in [-0.25, -0.2) is 4.98 Å². The van der Waals surface area contributed by atoms with Crippen LogP contribution in [0.4, 0.5) is 5.82 Å². The van der Waals surface area contributed by atoms with Gasteiger partial charge in [0.05, 0.1) is 56.9 Å². The Morgan fingerprint density at radius 1 is 0.314 bits per heavy atom. The van der Waals surface area contributed by atoms with Gasteiger partial charge in [0, 0.05) is 197 Å². The fourth-order valence-electron chi connectivity index (χ4n) is 13.0. The van der Waals surface area contributed by atoms with Gasteiger partial charge in [-0.05, 0) is 190 Å². The van der Waals surface area contributed by atoms with Gasteiger partial charge >= 0.3 is 0 Å². The maximum absolute atomic E-state index is 12.0. The second-order valence-electron chi connectivity index (χ2n) is 43.7. The van der Waals surface area contributed by atoms with Crippen LogP contribution in [0.3, 0.4) is 0 Å². The van der Waals surface area contributed by atoms with E-state index in [9.17, 15) is 33.6 Å². The minimum atomic E-state index is -0.00996. The molecule has 1 aromatic rings. The number of aromatic nitrogens is 1. The number of rotatable bonds is 67. The molecule has 25 heteroatoms. The molecule has 0 N–H and O–H groups in total. The molecular weight excluding hydrogens is 1740 g/mol. The summed E-state index contributed by atoms with van der Waals surface area (Å²) in [6, 6.07) is 4.45. The molecule has 2 saturated carbocycles. The van der Waals surface area contributed by atoms with E-state index in [1.54, 1.807) is 6.20 Å². The molecule has 4 fully saturated rings. The molecule has 808 valence electrons. The van der Waals surface area contributed by atoms with Crippen LogP contribution >= 0.6 is 0 Å². The van der Waals surface area contributed by atoms with Gasteiger partial charge in [-0.15, -0.1) is 0 Å².